The summed E-state index contributed by atoms with van der Waals surface area (Å²) in [5.74, 6) is 1.61. The number of aryl methyl sites for hydroxylation is 2. The first kappa shape index (κ1) is 22.7. The second-order valence-electron chi connectivity index (χ2n) is 8.58. The van der Waals surface area contributed by atoms with Gasteiger partial charge in [0.25, 0.3) is 5.91 Å². The average Bonchev–Trinajstić information content (AvgIpc) is 2.85. The number of amides is 1. The van der Waals surface area contributed by atoms with E-state index in [1.54, 1.807) is 7.11 Å². The normalized spacial score (nSPS) is 13.7. The van der Waals surface area contributed by atoms with E-state index in [1.165, 1.54) is 16.8 Å². The molecular weight excluding hydrogens is 412 g/mol. The van der Waals surface area contributed by atoms with Crippen LogP contribution in [0.25, 0.3) is 0 Å². The minimum Gasteiger partial charge on any atom is -0.496 e. The molecule has 0 spiro atoms. The highest BCUT2D eigenvalue weighted by atomic mass is 16.5. The van der Waals surface area contributed by atoms with Crippen LogP contribution in [0.15, 0.2) is 60.7 Å². The molecule has 4 rings (SSSR count). The number of carbonyl (C=O) groups excluding carboxylic acids is 1. The van der Waals surface area contributed by atoms with Crippen LogP contribution in [0.3, 0.4) is 0 Å². The fraction of sp³-hybridized carbons (Fsp3) is 0.321. The van der Waals surface area contributed by atoms with Crippen molar-refractivity contribution in [2.24, 2.45) is 0 Å². The van der Waals surface area contributed by atoms with E-state index in [-0.39, 0.29) is 5.91 Å². The molecule has 0 radical (unpaired) electrons. The summed E-state index contributed by atoms with van der Waals surface area (Å²) >= 11 is 0. The Morgan fingerprint density at radius 3 is 2.30 bits per heavy atom. The first-order valence-corrected chi connectivity index (χ1v) is 11.4. The molecule has 0 N–H and O–H groups in total. The van der Waals surface area contributed by atoms with E-state index in [4.69, 9.17) is 9.47 Å². The van der Waals surface area contributed by atoms with E-state index in [0.29, 0.717) is 25.3 Å². The minimum absolute atomic E-state index is 0.0513. The summed E-state index contributed by atoms with van der Waals surface area (Å²) in [5.41, 5.74) is 6.48. The maximum Gasteiger partial charge on any atom is 0.253 e. The number of benzene rings is 3. The highest BCUT2D eigenvalue weighted by Crippen LogP contribution is 2.26. The summed E-state index contributed by atoms with van der Waals surface area (Å²) in [6.07, 6.45) is 0. The highest BCUT2D eigenvalue weighted by molar-refractivity contribution is 5.94. The molecule has 0 aliphatic carbocycles. The molecule has 0 aromatic heterocycles. The molecule has 172 valence electrons. The molecular formula is C28H32N2O3. The number of hydrogen-bond acceptors (Lipinski definition) is 4. The van der Waals surface area contributed by atoms with Gasteiger partial charge in [0.2, 0.25) is 0 Å². The minimum atomic E-state index is 0.0513. The third-order valence-electron chi connectivity index (χ3n) is 6.49. The first-order valence-electron chi connectivity index (χ1n) is 11.4. The number of nitrogens with zero attached hydrogens (tertiary/aromatic N) is 2. The molecule has 0 unspecified atom stereocenters. The lowest BCUT2D eigenvalue weighted by molar-refractivity contribution is 0.0746. The summed E-state index contributed by atoms with van der Waals surface area (Å²) in [6, 6.07) is 19.9. The van der Waals surface area contributed by atoms with E-state index >= 15 is 0 Å². The lowest BCUT2D eigenvalue weighted by atomic mass is 10.1. The Labute approximate surface area is 196 Å². The maximum absolute atomic E-state index is 13.3. The molecule has 33 heavy (non-hydrogen) atoms. The number of hydrogen-bond donors (Lipinski definition) is 0. The van der Waals surface area contributed by atoms with Crippen LogP contribution >= 0.6 is 0 Å². The van der Waals surface area contributed by atoms with E-state index in [1.807, 2.05) is 54.3 Å². The van der Waals surface area contributed by atoms with Crippen LogP contribution < -0.4 is 14.4 Å². The topological polar surface area (TPSA) is 42.0 Å². The third-order valence-corrected chi connectivity index (χ3v) is 6.49. The van der Waals surface area contributed by atoms with Gasteiger partial charge >= 0.3 is 0 Å². The highest BCUT2D eigenvalue weighted by Gasteiger charge is 2.24. The molecule has 1 aliphatic rings. The molecule has 1 heterocycles. The van der Waals surface area contributed by atoms with E-state index in [9.17, 15) is 4.79 Å². The van der Waals surface area contributed by atoms with Crippen molar-refractivity contribution in [2.45, 2.75) is 27.4 Å². The number of ether oxygens (including phenoxy) is 2. The van der Waals surface area contributed by atoms with Crippen LogP contribution in [-0.4, -0.2) is 44.1 Å². The second-order valence-corrected chi connectivity index (χ2v) is 8.58. The van der Waals surface area contributed by atoms with Gasteiger partial charge in [-0.25, -0.2) is 0 Å². The van der Waals surface area contributed by atoms with Crippen molar-refractivity contribution in [3.05, 3.63) is 88.5 Å². The zero-order chi connectivity index (χ0) is 23.4. The van der Waals surface area contributed by atoms with Gasteiger partial charge < -0.3 is 19.3 Å². The fourth-order valence-corrected chi connectivity index (χ4v) is 4.31. The third kappa shape index (κ3) is 4.98. The quantitative estimate of drug-likeness (QED) is 0.527. The van der Waals surface area contributed by atoms with Crippen LogP contribution in [0.1, 0.15) is 32.6 Å². The molecule has 1 saturated heterocycles. The Hall–Kier alpha value is -3.47. The predicted octanol–water partition coefficient (Wildman–Crippen LogP) is 5.16. The average molecular weight is 445 g/mol. The van der Waals surface area contributed by atoms with Gasteiger partial charge in [-0.1, -0.05) is 30.3 Å². The maximum atomic E-state index is 13.3. The molecule has 0 saturated carbocycles. The van der Waals surface area contributed by atoms with Crippen LogP contribution in [-0.2, 0) is 6.61 Å². The zero-order valence-electron chi connectivity index (χ0n) is 19.9. The number of carbonyl (C=O) groups is 1. The second kappa shape index (κ2) is 9.99. The number of rotatable bonds is 6. The van der Waals surface area contributed by atoms with Crippen molar-refractivity contribution >= 4 is 11.6 Å². The van der Waals surface area contributed by atoms with Crippen molar-refractivity contribution < 1.29 is 14.3 Å². The van der Waals surface area contributed by atoms with Crippen molar-refractivity contribution in [3.63, 3.8) is 0 Å². The van der Waals surface area contributed by atoms with Gasteiger partial charge in [0.15, 0.2) is 0 Å². The van der Waals surface area contributed by atoms with Crippen LogP contribution in [0, 0.1) is 20.8 Å². The fourth-order valence-electron chi connectivity index (χ4n) is 4.31. The van der Waals surface area contributed by atoms with E-state index in [2.05, 4.69) is 36.9 Å². The lowest BCUT2D eigenvalue weighted by Crippen LogP contribution is -2.49. The van der Waals surface area contributed by atoms with Gasteiger partial charge in [0.05, 0.1) is 7.11 Å². The molecule has 3 aromatic rings. The molecule has 5 heteroatoms. The Kier molecular flexibility index (Phi) is 6.87. The Morgan fingerprint density at radius 2 is 1.58 bits per heavy atom. The van der Waals surface area contributed by atoms with Crippen LogP contribution in [0.2, 0.25) is 0 Å². The lowest BCUT2D eigenvalue weighted by Gasteiger charge is -2.37. The van der Waals surface area contributed by atoms with E-state index < -0.39 is 0 Å². The Balaban J connectivity index is 1.44. The smallest absolute Gasteiger partial charge is 0.253 e. The van der Waals surface area contributed by atoms with Gasteiger partial charge in [0, 0.05) is 43.0 Å². The number of anilines is 1. The van der Waals surface area contributed by atoms with Crippen molar-refractivity contribution in [3.8, 4) is 11.5 Å². The van der Waals surface area contributed by atoms with Crippen molar-refractivity contribution in [1.29, 1.82) is 0 Å². The van der Waals surface area contributed by atoms with Gasteiger partial charge in [-0.2, -0.15) is 0 Å². The summed E-state index contributed by atoms with van der Waals surface area (Å²) < 4.78 is 11.5. The number of piperazine rings is 1. The van der Waals surface area contributed by atoms with Gasteiger partial charge in [-0.05, 0) is 67.8 Å². The Morgan fingerprint density at radius 1 is 0.848 bits per heavy atom. The standard InChI is InChI=1S/C28H32N2O3/c1-20-9-7-10-25(22(20)3)29-14-16-30(17-15-29)28(31)23-12-13-27(32-4)24(18-23)19-33-26-11-6-5-8-21(26)2/h5-13,18H,14-17,19H2,1-4H3. The molecule has 0 bridgehead atoms. The SMILES string of the molecule is COc1ccc(C(=O)N2CCN(c3cccc(C)c3C)CC2)cc1COc1ccccc1C. The summed E-state index contributed by atoms with van der Waals surface area (Å²) in [6.45, 7) is 9.73. The molecule has 3 aromatic carbocycles. The van der Waals surface area contributed by atoms with Crippen LogP contribution in [0.5, 0.6) is 11.5 Å². The number of para-hydroxylation sites is 1. The molecule has 5 nitrogen and oxygen atoms in total. The molecule has 1 aliphatic heterocycles. The largest absolute Gasteiger partial charge is 0.496 e. The first-order chi connectivity index (χ1) is 16.0. The van der Waals surface area contributed by atoms with Crippen molar-refractivity contribution in [1.82, 2.24) is 4.90 Å². The monoisotopic (exact) mass is 444 g/mol. The summed E-state index contributed by atoms with van der Waals surface area (Å²) in [4.78, 5) is 17.6. The van der Waals surface area contributed by atoms with Gasteiger partial charge in [-0.3, -0.25) is 4.79 Å². The van der Waals surface area contributed by atoms with Crippen LogP contribution in [0.4, 0.5) is 5.69 Å². The predicted molar refractivity (Wildman–Crippen MR) is 133 cm³/mol. The van der Waals surface area contributed by atoms with Gasteiger partial charge in [0.1, 0.15) is 18.1 Å². The molecule has 1 amide bonds. The summed E-state index contributed by atoms with van der Waals surface area (Å²) in [7, 11) is 1.64. The van der Waals surface area contributed by atoms with E-state index in [0.717, 1.165) is 35.7 Å². The van der Waals surface area contributed by atoms with Gasteiger partial charge in [-0.15, -0.1) is 0 Å². The number of methoxy groups -OCH3 is 1. The molecule has 1 fully saturated rings. The zero-order valence-corrected chi connectivity index (χ0v) is 19.9. The Bertz CT molecular complexity index is 1130. The van der Waals surface area contributed by atoms with Crippen molar-refractivity contribution in [2.75, 3.05) is 38.2 Å². The summed E-state index contributed by atoms with van der Waals surface area (Å²) in [5, 5.41) is 0. The molecule has 0 atom stereocenters.